The van der Waals surface area contributed by atoms with Crippen LogP contribution in [0.2, 0.25) is 0 Å². The summed E-state index contributed by atoms with van der Waals surface area (Å²) in [5.74, 6) is 0. The van der Waals surface area contributed by atoms with Crippen molar-refractivity contribution < 1.29 is 69.4 Å². The van der Waals surface area contributed by atoms with Gasteiger partial charge < -0.3 is 74.3 Å². The van der Waals surface area contributed by atoms with Crippen LogP contribution in [-0.4, -0.2) is 198 Å². The van der Waals surface area contributed by atoms with Crippen LogP contribution in [0.3, 0.4) is 0 Å². The van der Waals surface area contributed by atoms with Crippen LogP contribution in [0.25, 0.3) is 0 Å². The summed E-state index contributed by atoms with van der Waals surface area (Å²) in [5, 5.41) is 44.4. The van der Waals surface area contributed by atoms with Crippen LogP contribution in [0.15, 0.2) is 0 Å². The summed E-state index contributed by atoms with van der Waals surface area (Å²) in [7, 11) is -9.04. The lowest BCUT2D eigenvalue weighted by atomic mass is 9.80. The Balaban J connectivity index is 0. The molecule has 74 heavy (non-hydrogen) atoms. The normalized spacial score (nSPS) is 21.3. The van der Waals surface area contributed by atoms with Gasteiger partial charge in [-0.2, -0.15) is 15.2 Å². The number of piperidine rings is 3. The van der Waals surface area contributed by atoms with Crippen molar-refractivity contribution in [3.63, 3.8) is 0 Å². The molecular formula is C51H115ClN4O15Si3. The monoisotopic (exact) mass is 1140 g/mol. The summed E-state index contributed by atoms with van der Waals surface area (Å²) in [6.45, 7) is 55.5. The van der Waals surface area contributed by atoms with Crippen molar-refractivity contribution in [2.45, 2.75) is 256 Å². The van der Waals surface area contributed by atoms with Gasteiger partial charge in [0.2, 0.25) is 0 Å². The lowest BCUT2D eigenvalue weighted by molar-refractivity contribution is -0.259. The maximum absolute atomic E-state index is 10.4. The number of rotatable bonds is 25. The van der Waals surface area contributed by atoms with Gasteiger partial charge in [-0.15, -0.1) is 0 Å². The quantitative estimate of drug-likeness (QED) is 0.0497. The zero-order valence-electron chi connectivity index (χ0n) is 51.4. The summed E-state index contributed by atoms with van der Waals surface area (Å²) < 4.78 is 62.7. The fourth-order valence-corrected chi connectivity index (χ4v) is 16.4. The van der Waals surface area contributed by atoms with Gasteiger partial charge in [0.15, 0.2) is 0 Å². The first-order chi connectivity index (χ1) is 34.0. The molecule has 3 heterocycles. The Hall–Kier alpha value is 0.181. The van der Waals surface area contributed by atoms with Gasteiger partial charge in [0.05, 0.1) is 18.3 Å². The van der Waals surface area contributed by atoms with E-state index in [9.17, 15) is 20.7 Å². The molecule has 23 heteroatoms. The van der Waals surface area contributed by atoms with Crippen LogP contribution < -0.4 is 0 Å². The minimum Gasteiger partial charge on any atom is -0.393 e. The van der Waals surface area contributed by atoms with E-state index in [-0.39, 0.29) is 51.5 Å². The number of hydrogen-bond donors (Lipinski definition) is 4. The van der Waals surface area contributed by atoms with Gasteiger partial charge in [-0.1, -0.05) is 31.9 Å². The molecule has 3 aliphatic heterocycles. The Bertz CT molecular complexity index is 1280. The molecule has 0 radical (unpaired) electrons. The highest BCUT2D eigenvalue weighted by atomic mass is 35.6. The predicted octanol–water partition coefficient (Wildman–Crippen LogP) is 10.4. The first kappa shape index (κ1) is 76.3. The average molecular weight is 1140 g/mol. The average Bonchev–Trinajstić information content (AvgIpc) is 3.25. The Morgan fingerprint density at radius 3 is 0.730 bits per heavy atom. The molecule has 4 N–H and O–H groups in total. The third-order valence-corrected chi connectivity index (χ3v) is 20.6. The second-order valence-electron chi connectivity index (χ2n) is 22.2. The van der Waals surface area contributed by atoms with Crippen LogP contribution in [0.4, 0.5) is 0 Å². The first-order valence-corrected chi connectivity index (χ1v) is 33.7. The van der Waals surface area contributed by atoms with E-state index in [0.29, 0.717) is 98.0 Å². The van der Waals surface area contributed by atoms with Crippen molar-refractivity contribution in [2.75, 3.05) is 79.1 Å². The molecule has 0 atom stereocenters. The molecule has 0 aromatic heterocycles. The molecule has 3 fully saturated rings. The van der Waals surface area contributed by atoms with Crippen LogP contribution in [0, 0.1) is 0 Å². The molecule has 3 rings (SSSR count). The Morgan fingerprint density at radius 1 is 0.378 bits per heavy atom. The molecule has 0 aromatic rings. The highest BCUT2D eigenvalue weighted by molar-refractivity contribution is 7.09. The van der Waals surface area contributed by atoms with Gasteiger partial charge in [-0.25, -0.2) is 0 Å². The van der Waals surface area contributed by atoms with E-state index in [0.717, 1.165) is 0 Å². The van der Waals surface area contributed by atoms with E-state index >= 15 is 0 Å². The van der Waals surface area contributed by atoms with E-state index in [1.807, 2.05) is 145 Å². The van der Waals surface area contributed by atoms with Gasteiger partial charge in [-0.3, -0.25) is 0 Å². The zero-order valence-corrected chi connectivity index (χ0v) is 55.2. The zero-order chi connectivity index (χ0) is 58.0. The smallest absolute Gasteiger partial charge is 0.393 e. The number of aliphatic hydroxyl groups excluding tert-OH is 1. The molecular weight excluding hydrogens is 1030 g/mol. The Kier molecular flexibility index (Phi) is 36.2. The van der Waals surface area contributed by atoms with E-state index in [1.165, 1.54) is 34.8 Å². The van der Waals surface area contributed by atoms with Crippen LogP contribution >= 0.6 is 11.1 Å². The van der Waals surface area contributed by atoms with Crippen molar-refractivity contribution in [3.05, 3.63) is 0 Å². The summed E-state index contributed by atoms with van der Waals surface area (Å²) >= 11 is 5.91. The second-order valence-corrected chi connectivity index (χ2v) is 29.6. The van der Waals surface area contributed by atoms with Crippen molar-refractivity contribution >= 4 is 37.3 Å². The highest BCUT2D eigenvalue weighted by Crippen LogP contribution is 2.41. The van der Waals surface area contributed by atoms with E-state index in [2.05, 4.69) is 25.7 Å². The summed E-state index contributed by atoms with van der Waals surface area (Å²) in [4.78, 5) is 2.38. The second kappa shape index (κ2) is 35.1. The van der Waals surface area contributed by atoms with Crippen LogP contribution in [-0.2, 0) is 48.7 Å². The molecule has 0 aliphatic carbocycles. The van der Waals surface area contributed by atoms with Gasteiger partial charge >= 0.3 is 26.2 Å². The molecule has 0 unspecified atom stereocenters. The molecule has 3 aliphatic rings. The van der Waals surface area contributed by atoms with E-state index in [4.69, 9.17) is 59.8 Å². The van der Waals surface area contributed by atoms with Crippen molar-refractivity contribution in [3.8, 4) is 0 Å². The topological polar surface area (TPSA) is 195 Å². The largest absolute Gasteiger partial charge is 0.679 e. The number of nitrogens with zero attached hydrogens (tertiary/aromatic N) is 4. The van der Waals surface area contributed by atoms with Gasteiger partial charge in [0.1, 0.15) is 0 Å². The predicted molar refractivity (Wildman–Crippen MR) is 300 cm³/mol. The summed E-state index contributed by atoms with van der Waals surface area (Å²) in [6.07, 6.45) is 3.57. The molecule has 0 aromatic carbocycles. The molecule has 0 amide bonds. The number of aliphatic hydroxyl groups is 1. The molecule has 3 saturated heterocycles. The van der Waals surface area contributed by atoms with Crippen molar-refractivity contribution in [2.24, 2.45) is 0 Å². The molecule has 0 bridgehead atoms. The summed E-state index contributed by atoms with van der Waals surface area (Å²) in [5.41, 5.74) is -2.15. The Morgan fingerprint density at radius 2 is 0.568 bits per heavy atom. The molecule has 19 nitrogen and oxygen atoms in total. The minimum absolute atomic E-state index is 0.0790. The van der Waals surface area contributed by atoms with Gasteiger partial charge in [-0.05, 0) is 204 Å². The molecule has 0 spiro atoms. The highest BCUT2D eigenvalue weighted by Gasteiger charge is 2.54. The van der Waals surface area contributed by atoms with Gasteiger partial charge in [0, 0.05) is 92.7 Å². The van der Waals surface area contributed by atoms with E-state index in [1.54, 1.807) is 0 Å². The number of hydrogen-bond acceptors (Lipinski definition) is 19. The third-order valence-electron chi connectivity index (χ3n) is 12.7. The van der Waals surface area contributed by atoms with E-state index < -0.39 is 26.2 Å². The van der Waals surface area contributed by atoms with Crippen LogP contribution in [0.5, 0.6) is 0 Å². The fraction of sp³-hybridized carbons (Fsp3) is 1.00. The van der Waals surface area contributed by atoms with Crippen molar-refractivity contribution in [1.29, 1.82) is 0 Å². The molecule has 0 saturated carbocycles. The van der Waals surface area contributed by atoms with Gasteiger partial charge in [0.25, 0.3) is 0 Å². The van der Waals surface area contributed by atoms with Crippen molar-refractivity contribution in [1.82, 2.24) is 20.1 Å². The minimum atomic E-state index is -3.13. The SMILES string of the molecule is CC1(C)CC(O)CC(C)(C)N1O.CCN(CC)CC.CCO[Si](Cl)(OCC)OCC.CCO[Si](OCC)(OCC)OC1CC(C)(C)N(O)C(C)(C)C1.CCO[Si](OCC)(OCC)OC1CC(C)(C)N(O)C(C)(C)C1. The summed E-state index contributed by atoms with van der Waals surface area (Å²) in [6, 6.07) is 0. The Labute approximate surface area is 460 Å². The van der Waals surface area contributed by atoms with Crippen LogP contribution in [0.1, 0.15) is 205 Å². The first-order valence-electron chi connectivity index (χ1n) is 27.7. The number of halogens is 1. The standard InChI is InChI=1S/2C15H33NO5Si.C9H19NO2.C6H15ClO3Si.C6H15N/c2*1-8-18-22(19-9-2,20-10-3)21-13-11-14(4,5)16(17)15(6,7)12-13;1-8(2)5-7(11)6-9(3,4)10(8)12;1-4-8-11(7,9-5-2)10-6-3;1-4-7(5-2)6-3/h2*13,17H,8-12H2,1-7H3;7,11-12H,5-6H2,1-4H3;4-6H2,1-3H3;4-6H2,1-3H3. The fourth-order valence-electron chi connectivity index (χ4n) is 9.98. The maximum atomic E-state index is 10.4. The maximum Gasteiger partial charge on any atom is 0.679 e. The lowest BCUT2D eigenvalue weighted by Crippen LogP contribution is -2.63. The lowest BCUT2D eigenvalue weighted by Gasteiger charge is -2.52. The molecule has 448 valence electrons. The third kappa shape index (κ3) is 26.2. The number of hydroxylamine groups is 6.